The van der Waals surface area contributed by atoms with Crippen molar-refractivity contribution in [3.05, 3.63) is 41.7 Å². The van der Waals surface area contributed by atoms with E-state index in [1.54, 1.807) is 11.8 Å². The van der Waals surface area contributed by atoms with Crippen LogP contribution in [-0.2, 0) is 17.9 Å². The lowest BCUT2D eigenvalue weighted by molar-refractivity contribution is -0.133. The van der Waals surface area contributed by atoms with Crippen LogP contribution in [0.2, 0.25) is 0 Å². The van der Waals surface area contributed by atoms with E-state index in [2.05, 4.69) is 55.8 Å². The van der Waals surface area contributed by atoms with Crippen molar-refractivity contribution in [1.82, 2.24) is 24.6 Å². The molecular formula is C25H37N5OS. The third-order valence-electron chi connectivity index (χ3n) is 6.81. The molecule has 2 fully saturated rings. The maximum Gasteiger partial charge on any atom is 0.236 e. The molecule has 1 saturated carbocycles. The number of likely N-dealkylation sites (tertiary alicyclic amines) is 1. The van der Waals surface area contributed by atoms with Crippen molar-refractivity contribution in [3.8, 4) is 0 Å². The highest BCUT2D eigenvalue weighted by atomic mass is 32.2. The van der Waals surface area contributed by atoms with Crippen LogP contribution in [0.1, 0.15) is 70.2 Å². The first-order valence-corrected chi connectivity index (χ1v) is 13.2. The molecule has 4 rings (SSSR count). The summed E-state index contributed by atoms with van der Waals surface area (Å²) in [5, 5.41) is 9.80. The van der Waals surface area contributed by atoms with Crippen molar-refractivity contribution in [2.24, 2.45) is 0 Å². The number of carbonyl (C=O) groups is 1. The number of nitrogens with zero attached hydrogens (tertiary/aromatic N) is 5. The second kappa shape index (κ2) is 11.3. The zero-order chi connectivity index (χ0) is 22.3. The number of carbonyl (C=O) groups excluding carboxylic acids is 1. The molecule has 6 nitrogen and oxygen atoms in total. The van der Waals surface area contributed by atoms with Crippen molar-refractivity contribution < 1.29 is 4.79 Å². The molecule has 174 valence electrons. The molecule has 2 aromatic rings. The quantitative estimate of drug-likeness (QED) is 0.518. The summed E-state index contributed by atoms with van der Waals surface area (Å²) in [6.45, 7) is 8.73. The molecule has 32 heavy (non-hydrogen) atoms. The monoisotopic (exact) mass is 455 g/mol. The van der Waals surface area contributed by atoms with Gasteiger partial charge in [0.1, 0.15) is 5.82 Å². The van der Waals surface area contributed by atoms with E-state index in [9.17, 15) is 4.79 Å². The van der Waals surface area contributed by atoms with Crippen molar-refractivity contribution in [3.63, 3.8) is 0 Å². The first-order chi connectivity index (χ1) is 15.7. The Morgan fingerprint density at radius 1 is 1.06 bits per heavy atom. The van der Waals surface area contributed by atoms with E-state index in [-0.39, 0.29) is 11.2 Å². The highest BCUT2D eigenvalue weighted by Crippen LogP contribution is 2.29. The van der Waals surface area contributed by atoms with Crippen LogP contribution in [0.3, 0.4) is 0 Å². The van der Waals surface area contributed by atoms with E-state index >= 15 is 0 Å². The lowest BCUT2D eigenvalue weighted by Crippen LogP contribution is -2.44. The summed E-state index contributed by atoms with van der Waals surface area (Å²) in [5.41, 5.74) is 1.23. The highest BCUT2D eigenvalue weighted by molar-refractivity contribution is 8.00. The van der Waals surface area contributed by atoms with Gasteiger partial charge in [-0.15, -0.1) is 10.2 Å². The van der Waals surface area contributed by atoms with E-state index in [4.69, 9.17) is 0 Å². The van der Waals surface area contributed by atoms with Gasteiger partial charge in [0.05, 0.1) is 18.3 Å². The van der Waals surface area contributed by atoms with E-state index < -0.39 is 0 Å². The number of benzene rings is 1. The molecule has 0 bridgehead atoms. The Balaban J connectivity index is 1.50. The summed E-state index contributed by atoms with van der Waals surface area (Å²) < 4.78 is 2.22. The van der Waals surface area contributed by atoms with Crippen LogP contribution in [0.15, 0.2) is 35.5 Å². The minimum Gasteiger partial charge on any atom is -0.339 e. The Kier molecular flexibility index (Phi) is 8.25. The normalized spacial score (nSPS) is 18.7. The zero-order valence-electron chi connectivity index (χ0n) is 19.6. The summed E-state index contributed by atoms with van der Waals surface area (Å²) in [5.74, 6) is 1.23. The number of rotatable bonds is 9. The minimum atomic E-state index is -0.171. The fourth-order valence-corrected chi connectivity index (χ4v) is 5.95. The molecule has 2 heterocycles. The van der Waals surface area contributed by atoms with Crippen LogP contribution < -0.4 is 0 Å². The average molecular weight is 456 g/mol. The summed E-state index contributed by atoms with van der Waals surface area (Å²) in [7, 11) is 0. The number of hydrogen-bond acceptors (Lipinski definition) is 5. The van der Waals surface area contributed by atoms with Crippen molar-refractivity contribution >= 4 is 17.7 Å². The van der Waals surface area contributed by atoms with E-state index in [1.807, 2.05) is 13.0 Å². The van der Waals surface area contributed by atoms with Gasteiger partial charge in [-0.25, -0.2) is 0 Å². The minimum absolute atomic E-state index is 0.171. The predicted molar refractivity (Wildman–Crippen MR) is 130 cm³/mol. The topological polar surface area (TPSA) is 54.3 Å². The largest absolute Gasteiger partial charge is 0.339 e. The van der Waals surface area contributed by atoms with Gasteiger partial charge in [-0.2, -0.15) is 0 Å². The molecule has 0 radical (unpaired) electrons. The molecule has 1 aromatic heterocycles. The van der Waals surface area contributed by atoms with Crippen LogP contribution in [0.4, 0.5) is 0 Å². The first-order valence-electron chi connectivity index (χ1n) is 12.3. The predicted octanol–water partition coefficient (Wildman–Crippen LogP) is 4.58. The van der Waals surface area contributed by atoms with Crippen LogP contribution in [0.25, 0.3) is 0 Å². The van der Waals surface area contributed by atoms with Crippen LogP contribution in [0, 0.1) is 0 Å². The molecule has 1 amide bonds. The van der Waals surface area contributed by atoms with Crippen LogP contribution in [-0.4, -0.2) is 61.4 Å². The Morgan fingerprint density at radius 2 is 1.78 bits per heavy atom. The number of amides is 1. The highest BCUT2D eigenvalue weighted by Gasteiger charge is 2.29. The fraction of sp³-hybridized carbons (Fsp3) is 0.640. The number of thioether (sulfide) groups is 1. The van der Waals surface area contributed by atoms with E-state index in [0.29, 0.717) is 6.04 Å². The smallest absolute Gasteiger partial charge is 0.236 e. The van der Waals surface area contributed by atoms with Gasteiger partial charge in [0.15, 0.2) is 5.16 Å². The molecule has 1 aromatic carbocycles. The summed E-state index contributed by atoms with van der Waals surface area (Å²) in [6, 6.07) is 10.9. The number of aromatic nitrogens is 3. The molecule has 0 spiro atoms. The lowest BCUT2D eigenvalue weighted by atomic mass is 9.94. The van der Waals surface area contributed by atoms with Crippen molar-refractivity contribution in [2.75, 3.05) is 19.6 Å². The molecule has 1 saturated heterocycles. The molecule has 0 N–H and O–H groups in total. The molecule has 1 aliphatic carbocycles. The summed E-state index contributed by atoms with van der Waals surface area (Å²) in [6.07, 6.45) is 8.57. The second-order valence-electron chi connectivity index (χ2n) is 9.13. The molecule has 2 aliphatic rings. The SMILES string of the molecule is CCN(C(=O)C(C)Sc1nnc(CN2CCCC2)n1Cc1ccccc1)C1CCCCC1. The van der Waals surface area contributed by atoms with Crippen LogP contribution in [0.5, 0.6) is 0 Å². The van der Waals surface area contributed by atoms with Gasteiger partial charge in [-0.1, -0.05) is 61.4 Å². The second-order valence-corrected chi connectivity index (χ2v) is 10.4. The Morgan fingerprint density at radius 3 is 2.47 bits per heavy atom. The van der Waals surface area contributed by atoms with Gasteiger partial charge >= 0.3 is 0 Å². The van der Waals surface area contributed by atoms with E-state index in [1.165, 1.54) is 37.7 Å². The van der Waals surface area contributed by atoms with Gasteiger partial charge < -0.3 is 9.47 Å². The molecule has 1 atom stereocenters. The molecular weight excluding hydrogens is 418 g/mol. The Hall–Kier alpha value is -1.86. The van der Waals surface area contributed by atoms with Crippen molar-refractivity contribution in [1.29, 1.82) is 0 Å². The van der Waals surface area contributed by atoms with Gasteiger partial charge in [-0.3, -0.25) is 9.69 Å². The molecule has 1 aliphatic heterocycles. The summed E-state index contributed by atoms with van der Waals surface area (Å²) >= 11 is 1.56. The van der Waals surface area contributed by atoms with Gasteiger partial charge in [0.2, 0.25) is 5.91 Å². The fourth-order valence-electron chi connectivity index (χ4n) is 5.02. The standard InChI is InChI=1S/C25H37N5OS/c1-3-29(22-14-8-5-9-15-22)24(31)20(2)32-25-27-26-23(19-28-16-10-11-17-28)30(25)18-21-12-6-4-7-13-21/h4,6-7,12-13,20,22H,3,5,8-11,14-19H2,1-2H3. The van der Waals surface area contributed by atoms with Gasteiger partial charge in [-0.05, 0) is 58.2 Å². The maximum absolute atomic E-state index is 13.4. The molecule has 7 heteroatoms. The maximum atomic E-state index is 13.4. The Labute approximate surface area is 196 Å². The third kappa shape index (κ3) is 5.73. The van der Waals surface area contributed by atoms with Crippen molar-refractivity contribution in [2.45, 2.75) is 88.3 Å². The van der Waals surface area contributed by atoms with Gasteiger partial charge in [0, 0.05) is 12.6 Å². The summed E-state index contributed by atoms with van der Waals surface area (Å²) in [4.78, 5) is 17.9. The molecule has 1 unspecified atom stereocenters. The van der Waals surface area contributed by atoms with Crippen LogP contribution >= 0.6 is 11.8 Å². The third-order valence-corrected chi connectivity index (χ3v) is 7.88. The first kappa shape index (κ1) is 23.3. The average Bonchev–Trinajstić information content (AvgIpc) is 3.47. The van der Waals surface area contributed by atoms with Gasteiger partial charge in [0.25, 0.3) is 0 Å². The zero-order valence-corrected chi connectivity index (χ0v) is 20.4. The number of hydrogen-bond donors (Lipinski definition) is 0. The Bertz CT molecular complexity index is 858. The lowest BCUT2D eigenvalue weighted by Gasteiger charge is -2.35. The van der Waals surface area contributed by atoms with E-state index in [0.717, 1.165) is 56.5 Å².